The van der Waals surface area contributed by atoms with Crippen molar-refractivity contribution in [1.29, 1.82) is 0 Å². The molecule has 0 spiro atoms. The lowest BCUT2D eigenvalue weighted by Gasteiger charge is -2.07. The summed E-state index contributed by atoms with van der Waals surface area (Å²) in [6, 6.07) is 8.40. The molecule has 0 radical (unpaired) electrons. The van der Waals surface area contributed by atoms with E-state index >= 15 is 0 Å². The number of anilines is 2. The van der Waals surface area contributed by atoms with E-state index in [-0.39, 0.29) is 11.8 Å². The molecular formula is C21H22N6OS. The smallest absolute Gasteiger partial charge is 0.210 e. The molecule has 7 nitrogen and oxygen atoms in total. The lowest BCUT2D eigenvalue weighted by Crippen LogP contribution is -2.29. The molecule has 0 fully saturated rings. The number of nitrogens with one attached hydrogen (secondary N) is 2. The molecule has 1 aliphatic rings. The Kier molecular flexibility index (Phi) is 5.73. The Labute approximate surface area is 173 Å². The summed E-state index contributed by atoms with van der Waals surface area (Å²) in [6.07, 6.45) is 5.71. The van der Waals surface area contributed by atoms with Crippen molar-refractivity contribution in [1.82, 2.24) is 20.5 Å². The largest absolute Gasteiger partial charge is 0.330 e. The monoisotopic (exact) mass is 406 g/mol. The molecule has 0 saturated heterocycles. The number of Topliss-reactive ketones (excluding diaryl/α,β-unsaturated/α-hetero) is 1. The summed E-state index contributed by atoms with van der Waals surface area (Å²) in [5.74, 6) is 0.136. The van der Waals surface area contributed by atoms with Crippen LogP contribution in [0.3, 0.4) is 0 Å². The predicted octanol–water partition coefficient (Wildman–Crippen LogP) is 3.39. The number of rotatable bonds is 8. The molecule has 2 aromatic heterocycles. The Morgan fingerprint density at radius 2 is 2.10 bits per heavy atom. The molecule has 29 heavy (non-hydrogen) atoms. The maximum Gasteiger partial charge on any atom is 0.210 e. The van der Waals surface area contributed by atoms with Crippen molar-refractivity contribution in [2.45, 2.75) is 32.9 Å². The zero-order chi connectivity index (χ0) is 20.2. The van der Waals surface area contributed by atoms with Gasteiger partial charge in [-0.1, -0.05) is 31.3 Å². The summed E-state index contributed by atoms with van der Waals surface area (Å²) in [5, 5.41) is 16.4. The number of fused-ring (bicyclic) bond motifs is 1. The topological polar surface area (TPSA) is 92.2 Å². The van der Waals surface area contributed by atoms with Gasteiger partial charge in [0.2, 0.25) is 5.13 Å². The molecular weight excluding hydrogens is 384 g/mol. The Bertz CT molecular complexity index is 1060. The van der Waals surface area contributed by atoms with E-state index in [0.29, 0.717) is 18.1 Å². The quantitative estimate of drug-likeness (QED) is 0.596. The molecule has 8 heteroatoms. The number of aromatic nitrogens is 3. The predicted molar refractivity (Wildman–Crippen MR) is 116 cm³/mol. The van der Waals surface area contributed by atoms with Crippen molar-refractivity contribution in [3.63, 3.8) is 0 Å². The van der Waals surface area contributed by atoms with Crippen LogP contribution in [0.4, 0.5) is 10.8 Å². The molecule has 1 aromatic carbocycles. The third-order valence-electron chi connectivity index (χ3n) is 4.46. The molecule has 0 aliphatic carbocycles. The third kappa shape index (κ3) is 4.90. The van der Waals surface area contributed by atoms with E-state index in [2.05, 4.69) is 42.9 Å². The van der Waals surface area contributed by atoms with Gasteiger partial charge in [-0.3, -0.25) is 14.8 Å². The van der Waals surface area contributed by atoms with E-state index in [1.807, 2.05) is 32.2 Å². The molecule has 0 atom stereocenters. The van der Waals surface area contributed by atoms with Gasteiger partial charge >= 0.3 is 0 Å². The maximum absolute atomic E-state index is 12.1. The van der Waals surface area contributed by atoms with Crippen molar-refractivity contribution in [3.05, 3.63) is 53.3 Å². The van der Waals surface area contributed by atoms with Crippen LogP contribution in [0.5, 0.6) is 0 Å². The highest BCUT2D eigenvalue weighted by molar-refractivity contribution is 7.18. The third-order valence-corrected chi connectivity index (χ3v) is 5.35. The van der Waals surface area contributed by atoms with E-state index < -0.39 is 0 Å². The van der Waals surface area contributed by atoms with Crippen molar-refractivity contribution in [2.75, 3.05) is 11.9 Å². The average molecular weight is 407 g/mol. The first-order valence-electron chi connectivity index (χ1n) is 9.49. The number of carbonyl (C=O) groups excluding carboxylic acids is 1. The fourth-order valence-corrected chi connectivity index (χ4v) is 3.75. The van der Waals surface area contributed by atoms with E-state index in [9.17, 15) is 4.79 Å². The molecule has 3 heterocycles. The van der Waals surface area contributed by atoms with Crippen LogP contribution in [0.15, 0.2) is 41.7 Å². The van der Waals surface area contributed by atoms with Gasteiger partial charge in [0.05, 0.1) is 13.1 Å². The molecule has 0 amide bonds. The Morgan fingerprint density at radius 3 is 2.97 bits per heavy atom. The Morgan fingerprint density at radius 1 is 1.21 bits per heavy atom. The number of carbonyl (C=O) groups is 1. The van der Waals surface area contributed by atoms with Gasteiger partial charge in [0, 0.05) is 42.3 Å². The average Bonchev–Trinajstić information content (AvgIpc) is 3.36. The summed E-state index contributed by atoms with van der Waals surface area (Å²) in [5.41, 5.74) is 5.05. The van der Waals surface area contributed by atoms with Gasteiger partial charge in [0.25, 0.3) is 0 Å². The second kappa shape index (κ2) is 8.59. The van der Waals surface area contributed by atoms with Gasteiger partial charge in [-0.05, 0) is 34.9 Å². The Hall–Kier alpha value is -2.97. The SMILES string of the molecule is CC(C)NCC(=O)Cc1cncc(-c2nnc(Nc3ccc4c(c3)C=NC4)s2)c1. The Balaban J connectivity index is 1.44. The molecule has 4 rings (SSSR count). The van der Waals surface area contributed by atoms with Gasteiger partial charge < -0.3 is 10.6 Å². The summed E-state index contributed by atoms with van der Waals surface area (Å²) in [4.78, 5) is 20.7. The van der Waals surface area contributed by atoms with Crippen LogP contribution in [-0.2, 0) is 17.8 Å². The first-order valence-corrected chi connectivity index (χ1v) is 10.3. The number of hydrogen-bond acceptors (Lipinski definition) is 8. The van der Waals surface area contributed by atoms with Crippen LogP contribution in [0, 0.1) is 0 Å². The van der Waals surface area contributed by atoms with Gasteiger partial charge in [-0.2, -0.15) is 0 Å². The van der Waals surface area contributed by atoms with Crippen molar-refractivity contribution >= 4 is 34.2 Å². The normalized spacial score (nSPS) is 12.4. The molecule has 148 valence electrons. The van der Waals surface area contributed by atoms with Crippen LogP contribution < -0.4 is 10.6 Å². The van der Waals surface area contributed by atoms with E-state index in [0.717, 1.165) is 33.9 Å². The van der Waals surface area contributed by atoms with Crippen molar-refractivity contribution in [2.24, 2.45) is 4.99 Å². The van der Waals surface area contributed by atoms with Crippen LogP contribution in [0.25, 0.3) is 10.6 Å². The van der Waals surface area contributed by atoms with Gasteiger partial charge in [-0.25, -0.2) is 0 Å². The summed E-state index contributed by atoms with van der Waals surface area (Å²) < 4.78 is 0. The van der Waals surface area contributed by atoms with Gasteiger partial charge in [0.15, 0.2) is 10.8 Å². The van der Waals surface area contributed by atoms with Crippen LogP contribution in [0.2, 0.25) is 0 Å². The summed E-state index contributed by atoms with van der Waals surface area (Å²) >= 11 is 1.45. The first kappa shape index (κ1) is 19.4. The lowest BCUT2D eigenvalue weighted by atomic mass is 10.1. The van der Waals surface area contributed by atoms with Crippen LogP contribution in [-0.4, -0.2) is 39.8 Å². The summed E-state index contributed by atoms with van der Waals surface area (Å²) in [7, 11) is 0. The lowest BCUT2D eigenvalue weighted by molar-refractivity contribution is -0.117. The second-order valence-electron chi connectivity index (χ2n) is 7.25. The highest BCUT2D eigenvalue weighted by Gasteiger charge is 2.12. The van der Waals surface area contributed by atoms with Crippen LogP contribution >= 0.6 is 11.3 Å². The zero-order valence-electron chi connectivity index (χ0n) is 16.3. The molecule has 3 aromatic rings. The highest BCUT2D eigenvalue weighted by Crippen LogP contribution is 2.29. The minimum atomic E-state index is 0.136. The number of benzene rings is 1. The number of ketones is 1. The fourth-order valence-electron chi connectivity index (χ4n) is 3.00. The number of pyridine rings is 1. The maximum atomic E-state index is 12.1. The van der Waals surface area contributed by atoms with Crippen molar-refractivity contribution in [3.8, 4) is 10.6 Å². The molecule has 2 N–H and O–H groups in total. The first-order chi connectivity index (χ1) is 14.1. The van der Waals surface area contributed by atoms with Gasteiger partial charge in [0.1, 0.15) is 0 Å². The molecule has 0 unspecified atom stereocenters. The van der Waals surface area contributed by atoms with Crippen molar-refractivity contribution < 1.29 is 4.79 Å². The standard InChI is InChI=1S/C21H22N6OS/c1-13(2)24-12-19(28)6-14-5-17(11-22-8-14)20-26-27-21(29-20)25-18-4-3-15-9-23-10-16(15)7-18/h3-5,7-8,10-11,13,24H,6,9,12H2,1-2H3,(H,25,27). The molecule has 0 bridgehead atoms. The minimum absolute atomic E-state index is 0.136. The second-order valence-corrected chi connectivity index (χ2v) is 8.23. The zero-order valence-corrected chi connectivity index (χ0v) is 17.2. The highest BCUT2D eigenvalue weighted by atomic mass is 32.1. The number of hydrogen-bond donors (Lipinski definition) is 2. The summed E-state index contributed by atoms with van der Waals surface area (Å²) in [6.45, 7) is 5.15. The number of nitrogens with zero attached hydrogens (tertiary/aromatic N) is 4. The van der Waals surface area contributed by atoms with E-state index in [4.69, 9.17) is 0 Å². The molecule has 1 aliphatic heterocycles. The van der Waals surface area contributed by atoms with Gasteiger partial charge in [-0.15, -0.1) is 10.2 Å². The molecule has 0 saturated carbocycles. The van der Waals surface area contributed by atoms with E-state index in [1.165, 1.54) is 16.9 Å². The van der Waals surface area contributed by atoms with Crippen LogP contribution in [0.1, 0.15) is 30.5 Å². The minimum Gasteiger partial charge on any atom is -0.330 e. The van der Waals surface area contributed by atoms with E-state index in [1.54, 1.807) is 12.4 Å². The number of aliphatic imine (C=N–C) groups is 1. The fraction of sp³-hybridized carbons (Fsp3) is 0.286.